The Morgan fingerprint density at radius 1 is 0.569 bits per heavy atom. The Bertz CT molecular complexity index is 2950. The van der Waals surface area contributed by atoms with Crippen LogP contribution in [0.25, 0.3) is 60.1 Å². The number of hydrogen-bond acceptors (Lipinski definition) is 3. The molecule has 0 saturated heterocycles. The van der Waals surface area contributed by atoms with Gasteiger partial charge in [-0.15, -0.1) is 0 Å². The van der Waals surface area contributed by atoms with Gasteiger partial charge in [-0.25, -0.2) is 0 Å². The van der Waals surface area contributed by atoms with Crippen molar-refractivity contribution in [1.29, 1.82) is 0 Å². The van der Waals surface area contributed by atoms with Crippen molar-refractivity contribution in [2.75, 3.05) is 11.4 Å². The third kappa shape index (κ3) is 6.55. The standard InChI is InChI=1S/C55H45N3/c1-37-54(28-30-57-55(37)44-27-26-40-13-6-7-14-42(40)31-44)58(49-17-4-3-5-18-49)38(2)39-22-24-41(25-23-39)46-32-47(45-16-12-29-56-36-45)34-48(33-46)53-35-43-15-8-9-19-50(43)51-20-10-11-21-52(51)53/h3-28,30-36,38,55-57H,29H2,1-2H3. The van der Waals surface area contributed by atoms with E-state index in [1.54, 1.807) is 0 Å². The zero-order valence-corrected chi connectivity index (χ0v) is 32.9. The second-order valence-corrected chi connectivity index (χ2v) is 15.5. The van der Waals surface area contributed by atoms with Gasteiger partial charge in [0.25, 0.3) is 0 Å². The molecular weight excluding hydrogens is 703 g/mol. The average Bonchev–Trinajstić information content (AvgIpc) is 3.29. The molecule has 0 aliphatic carbocycles. The number of nitrogens with zero attached hydrogens (tertiary/aromatic N) is 1. The molecule has 2 atom stereocenters. The number of rotatable bonds is 8. The molecule has 0 bridgehead atoms. The number of para-hydroxylation sites is 1. The van der Waals surface area contributed by atoms with Crippen molar-refractivity contribution in [3.63, 3.8) is 0 Å². The van der Waals surface area contributed by atoms with Crippen molar-refractivity contribution in [3.05, 3.63) is 228 Å². The van der Waals surface area contributed by atoms with E-state index in [0.29, 0.717) is 0 Å². The maximum atomic E-state index is 3.68. The number of dihydropyridines is 2. The van der Waals surface area contributed by atoms with Crippen LogP contribution in [0.2, 0.25) is 0 Å². The zero-order valence-electron chi connectivity index (χ0n) is 32.9. The van der Waals surface area contributed by atoms with Gasteiger partial charge < -0.3 is 15.5 Å². The van der Waals surface area contributed by atoms with Crippen LogP contribution in [0.1, 0.15) is 42.6 Å². The predicted molar refractivity (Wildman–Crippen MR) is 246 cm³/mol. The molecule has 0 spiro atoms. The number of nitrogens with one attached hydrogen (secondary N) is 2. The highest BCUT2D eigenvalue weighted by Gasteiger charge is 2.26. The molecule has 0 amide bonds. The predicted octanol–water partition coefficient (Wildman–Crippen LogP) is 13.7. The normalized spacial score (nSPS) is 15.6. The summed E-state index contributed by atoms with van der Waals surface area (Å²) in [7, 11) is 0. The van der Waals surface area contributed by atoms with Gasteiger partial charge in [0.1, 0.15) is 0 Å². The Kier molecular flexibility index (Phi) is 9.20. The van der Waals surface area contributed by atoms with E-state index in [2.05, 4.69) is 230 Å². The minimum atomic E-state index is 0.0656. The molecule has 0 aromatic heterocycles. The third-order valence-corrected chi connectivity index (χ3v) is 12.0. The van der Waals surface area contributed by atoms with E-state index in [9.17, 15) is 0 Å². The second kappa shape index (κ2) is 15.1. The van der Waals surface area contributed by atoms with Crippen LogP contribution < -0.4 is 15.5 Å². The molecule has 2 unspecified atom stereocenters. The number of benzene rings is 8. The van der Waals surface area contributed by atoms with Crippen molar-refractivity contribution in [1.82, 2.24) is 10.6 Å². The SMILES string of the molecule is CC1=C(N(c2ccccc2)C(C)c2ccc(-c3cc(C4=CNCC=C4)cc(-c4cc5ccccc5c5ccccc45)c3)cc2)C=CNC1c1ccc2ccccc2c1. The van der Waals surface area contributed by atoms with Crippen molar-refractivity contribution in [2.45, 2.75) is 25.9 Å². The van der Waals surface area contributed by atoms with Gasteiger partial charge in [-0.05, 0) is 151 Å². The summed E-state index contributed by atoms with van der Waals surface area (Å²) in [5.41, 5.74) is 13.4. The Morgan fingerprint density at radius 3 is 2.05 bits per heavy atom. The molecule has 58 heavy (non-hydrogen) atoms. The Hall–Kier alpha value is -7.10. The first kappa shape index (κ1) is 35.3. The van der Waals surface area contributed by atoms with Crippen LogP contribution in [-0.4, -0.2) is 6.54 Å². The molecule has 0 radical (unpaired) electrons. The lowest BCUT2D eigenvalue weighted by Crippen LogP contribution is -2.31. The maximum absolute atomic E-state index is 3.68. The molecule has 0 saturated carbocycles. The minimum Gasteiger partial charge on any atom is -0.387 e. The number of fused-ring (bicyclic) bond motifs is 4. The fourth-order valence-corrected chi connectivity index (χ4v) is 8.95. The second-order valence-electron chi connectivity index (χ2n) is 15.5. The van der Waals surface area contributed by atoms with Gasteiger partial charge in [0.15, 0.2) is 0 Å². The molecule has 10 rings (SSSR count). The van der Waals surface area contributed by atoms with Crippen LogP contribution in [0.4, 0.5) is 5.69 Å². The molecule has 3 heteroatoms. The largest absolute Gasteiger partial charge is 0.387 e. The van der Waals surface area contributed by atoms with Crippen molar-refractivity contribution >= 4 is 43.6 Å². The van der Waals surface area contributed by atoms with E-state index in [1.807, 2.05) is 0 Å². The zero-order chi connectivity index (χ0) is 39.0. The highest BCUT2D eigenvalue weighted by molar-refractivity contribution is 6.14. The van der Waals surface area contributed by atoms with Gasteiger partial charge in [0.2, 0.25) is 0 Å². The summed E-state index contributed by atoms with van der Waals surface area (Å²) >= 11 is 0. The van der Waals surface area contributed by atoms with E-state index in [-0.39, 0.29) is 12.1 Å². The number of allylic oxidation sites excluding steroid dienone is 3. The van der Waals surface area contributed by atoms with E-state index in [1.165, 1.54) is 93.8 Å². The summed E-state index contributed by atoms with van der Waals surface area (Å²) in [6.45, 7) is 5.44. The summed E-state index contributed by atoms with van der Waals surface area (Å²) < 4.78 is 0. The van der Waals surface area contributed by atoms with Crippen LogP contribution in [0.5, 0.6) is 0 Å². The third-order valence-electron chi connectivity index (χ3n) is 12.0. The summed E-state index contributed by atoms with van der Waals surface area (Å²) in [5, 5.41) is 14.7. The lowest BCUT2D eigenvalue weighted by atomic mass is 9.89. The van der Waals surface area contributed by atoms with Crippen LogP contribution in [0.15, 0.2) is 212 Å². The molecule has 2 aliphatic rings. The van der Waals surface area contributed by atoms with Gasteiger partial charge in [0, 0.05) is 24.1 Å². The Labute approximate surface area is 341 Å². The van der Waals surface area contributed by atoms with Crippen LogP contribution in [-0.2, 0) is 0 Å². The summed E-state index contributed by atoms with van der Waals surface area (Å²) in [6.07, 6.45) is 10.9. The minimum absolute atomic E-state index is 0.0656. The van der Waals surface area contributed by atoms with Gasteiger partial charge in [0.05, 0.1) is 12.1 Å². The Balaban J connectivity index is 1.04. The number of hydrogen-bond donors (Lipinski definition) is 2. The van der Waals surface area contributed by atoms with E-state index >= 15 is 0 Å². The lowest BCUT2D eigenvalue weighted by molar-refractivity contribution is 0.665. The maximum Gasteiger partial charge on any atom is 0.0742 e. The fraction of sp³-hybridized carbons (Fsp3) is 0.0909. The van der Waals surface area contributed by atoms with Crippen molar-refractivity contribution in [3.8, 4) is 22.3 Å². The monoisotopic (exact) mass is 747 g/mol. The van der Waals surface area contributed by atoms with Gasteiger partial charge in [-0.3, -0.25) is 0 Å². The lowest BCUT2D eigenvalue weighted by Gasteiger charge is -2.37. The highest BCUT2D eigenvalue weighted by Crippen LogP contribution is 2.41. The van der Waals surface area contributed by atoms with Crippen LogP contribution in [0, 0.1) is 0 Å². The van der Waals surface area contributed by atoms with Gasteiger partial charge in [-0.2, -0.15) is 0 Å². The molecule has 2 aliphatic heterocycles. The first-order valence-electron chi connectivity index (χ1n) is 20.3. The van der Waals surface area contributed by atoms with Gasteiger partial charge in [-0.1, -0.05) is 140 Å². The first-order valence-corrected chi connectivity index (χ1v) is 20.3. The van der Waals surface area contributed by atoms with Gasteiger partial charge >= 0.3 is 0 Å². The molecule has 8 aromatic rings. The number of anilines is 1. The molecule has 2 N–H and O–H groups in total. The summed E-state index contributed by atoms with van der Waals surface area (Å²) in [4.78, 5) is 2.49. The quantitative estimate of drug-likeness (QED) is 0.152. The molecule has 8 aromatic carbocycles. The first-order chi connectivity index (χ1) is 28.6. The van der Waals surface area contributed by atoms with Crippen LogP contribution >= 0.6 is 0 Å². The summed E-state index contributed by atoms with van der Waals surface area (Å²) in [6, 6.07) is 62.6. The smallest absolute Gasteiger partial charge is 0.0742 e. The Morgan fingerprint density at radius 2 is 1.26 bits per heavy atom. The molecular formula is C55H45N3. The van der Waals surface area contributed by atoms with Crippen LogP contribution in [0.3, 0.4) is 0 Å². The molecule has 0 fully saturated rings. The van der Waals surface area contributed by atoms with E-state index < -0.39 is 0 Å². The topological polar surface area (TPSA) is 27.3 Å². The average molecular weight is 748 g/mol. The molecule has 2 heterocycles. The van der Waals surface area contributed by atoms with E-state index in [4.69, 9.17) is 0 Å². The fourth-order valence-electron chi connectivity index (χ4n) is 8.95. The highest BCUT2D eigenvalue weighted by atomic mass is 15.2. The van der Waals surface area contributed by atoms with Crippen molar-refractivity contribution in [2.24, 2.45) is 0 Å². The van der Waals surface area contributed by atoms with Crippen molar-refractivity contribution < 1.29 is 0 Å². The summed E-state index contributed by atoms with van der Waals surface area (Å²) in [5.74, 6) is 0. The molecule has 280 valence electrons. The van der Waals surface area contributed by atoms with E-state index in [0.717, 1.165) is 6.54 Å². The molecule has 3 nitrogen and oxygen atoms in total.